The fourth-order valence-electron chi connectivity index (χ4n) is 3.83. The molecule has 0 aliphatic rings. The van der Waals surface area contributed by atoms with E-state index in [9.17, 15) is 22.7 Å². The third-order valence-corrected chi connectivity index (χ3v) is 5.37. The number of aromatic amines is 1. The number of rotatable bonds is 8. The summed E-state index contributed by atoms with van der Waals surface area (Å²) < 4.78 is 60.7. The maximum absolute atomic E-state index is 13.9. The molecule has 3 rings (SSSR count). The molecule has 0 aliphatic heterocycles. The lowest BCUT2D eigenvalue weighted by molar-refractivity contribution is -0.264. The molecule has 0 saturated heterocycles. The van der Waals surface area contributed by atoms with Crippen molar-refractivity contribution in [3.8, 4) is 5.75 Å². The Labute approximate surface area is 177 Å². The van der Waals surface area contributed by atoms with Crippen molar-refractivity contribution in [3.63, 3.8) is 0 Å². The van der Waals surface area contributed by atoms with Crippen LogP contribution in [0.4, 0.5) is 17.6 Å². The maximum atomic E-state index is 13.9. The van der Waals surface area contributed by atoms with Gasteiger partial charge in [0.05, 0.1) is 18.8 Å². The molecular weight excluding hydrogens is 414 g/mol. The zero-order valence-electron chi connectivity index (χ0n) is 17.5. The Morgan fingerprint density at radius 1 is 1.16 bits per heavy atom. The van der Waals surface area contributed by atoms with Gasteiger partial charge in [0.15, 0.2) is 5.60 Å². The Balaban J connectivity index is 1.79. The second-order valence-corrected chi connectivity index (χ2v) is 8.30. The molecule has 168 valence electrons. The lowest BCUT2D eigenvalue weighted by Crippen LogP contribution is -2.55. The first-order valence-corrected chi connectivity index (χ1v) is 9.71. The SMILES string of the molecule is COc1ccc(F)cc1C(C)(C)CC(O)(CNCc1cc2ccncc2[nH]1)C(F)(F)F. The highest BCUT2D eigenvalue weighted by Gasteiger charge is 2.55. The van der Waals surface area contributed by atoms with E-state index >= 15 is 0 Å². The molecule has 5 nitrogen and oxygen atoms in total. The van der Waals surface area contributed by atoms with Crippen molar-refractivity contribution in [1.29, 1.82) is 0 Å². The Morgan fingerprint density at radius 3 is 2.55 bits per heavy atom. The van der Waals surface area contributed by atoms with Crippen LogP contribution < -0.4 is 10.1 Å². The van der Waals surface area contributed by atoms with Gasteiger partial charge in [0.25, 0.3) is 0 Å². The highest BCUT2D eigenvalue weighted by atomic mass is 19.4. The molecule has 31 heavy (non-hydrogen) atoms. The van der Waals surface area contributed by atoms with Crippen molar-refractivity contribution in [2.24, 2.45) is 0 Å². The van der Waals surface area contributed by atoms with Gasteiger partial charge in [-0.1, -0.05) is 13.8 Å². The minimum Gasteiger partial charge on any atom is -0.496 e. The van der Waals surface area contributed by atoms with Crippen molar-refractivity contribution in [2.75, 3.05) is 13.7 Å². The molecule has 3 N–H and O–H groups in total. The topological polar surface area (TPSA) is 70.2 Å². The average Bonchev–Trinajstić information content (AvgIpc) is 3.09. The van der Waals surface area contributed by atoms with Gasteiger partial charge in [-0.2, -0.15) is 13.2 Å². The van der Waals surface area contributed by atoms with Crippen LogP contribution >= 0.6 is 0 Å². The van der Waals surface area contributed by atoms with Gasteiger partial charge in [-0.15, -0.1) is 0 Å². The Kier molecular flexibility index (Phi) is 6.29. The monoisotopic (exact) mass is 439 g/mol. The minimum absolute atomic E-state index is 0.0940. The molecule has 0 saturated carbocycles. The van der Waals surface area contributed by atoms with Crippen molar-refractivity contribution in [2.45, 2.75) is 44.0 Å². The second-order valence-electron chi connectivity index (χ2n) is 8.30. The van der Waals surface area contributed by atoms with Gasteiger partial charge in [-0.05, 0) is 42.2 Å². The van der Waals surface area contributed by atoms with Crippen LogP contribution in [0, 0.1) is 5.82 Å². The third kappa shape index (κ3) is 4.99. The summed E-state index contributed by atoms with van der Waals surface area (Å²) in [6.45, 7) is 2.40. The molecule has 9 heteroatoms. The number of nitrogens with one attached hydrogen (secondary N) is 2. The molecule has 3 aromatic rings. The maximum Gasteiger partial charge on any atom is 0.418 e. The van der Waals surface area contributed by atoms with Gasteiger partial charge in [-0.3, -0.25) is 4.98 Å². The van der Waals surface area contributed by atoms with E-state index < -0.39 is 36.0 Å². The standard InChI is InChI=1S/C22H25F4N3O2/c1-20(2,17-9-15(23)4-5-19(17)31-3)12-21(30,22(24,25)26)13-28-10-16-8-14-6-7-27-11-18(14)29-16/h4-9,11,28-30H,10,12-13H2,1-3H3. The van der Waals surface area contributed by atoms with Crippen molar-refractivity contribution < 1.29 is 27.4 Å². The first-order valence-electron chi connectivity index (χ1n) is 9.71. The number of aliphatic hydroxyl groups is 1. The number of hydrogen-bond donors (Lipinski definition) is 3. The summed E-state index contributed by atoms with van der Waals surface area (Å²) in [4.78, 5) is 7.06. The largest absolute Gasteiger partial charge is 0.496 e. The fourth-order valence-corrected chi connectivity index (χ4v) is 3.83. The summed E-state index contributed by atoms with van der Waals surface area (Å²) in [5, 5.41) is 14.2. The Hall–Kier alpha value is -2.65. The highest BCUT2D eigenvalue weighted by molar-refractivity contribution is 5.79. The first-order chi connectivity index (χ1) is 14.4. The molecule has 0 radical (unpaired) electrons. The Morgan fingerprint density at radius 2 is 1.90 bits per heavy atom. The van der Waals surface area contributed by atoms with Crippen molar-refractivity contribution >= 4 is 10.9 Å². The molecule has 0 spiro atoms. The predicted molar refractivity (Wildman–Crippen MR) is 109 cm³/mol. The van der Waals surface area contributed by atoms with E-state index in [-0.39, 0.29) is 17.9 Å². The van der Waals surface area contributed by atoms with Gasteiger partial charge in [0.1, 0.15) is 11.6 Å². The van der Waals surface area contributed by atoms with Gasteiger partial charge in [-0.25, -0.2) is 4.39 Å². The van der Waals surface area contributed by atoms with Crippen LogP contribution in [0.3, 0.4) is 0 Å². The van der Waals surface area contributed by atoms with Gasteiger partial charge in [0, 0.05) is 35.9 Å². The molecule has 0 aliphatic carbocycles. The second kappa shape index (κ2) is 8.47. The Bertz CT molecular complexity index is 1020. The van der Waals surface area contributed by atoms with Crippen LogP contribution in [0.2, 0.25) is 0 Å². The van der Waals surface area contributed by atoms with Gasteiger partial charge >= 0.3 is 6.18 Å². The van der Waals surface area contributed by atoms with Gasteiger partial charge in [0.2, 0.25) is 0 Å². The number of aromatic nitrogens is 2. The molecule has 1 unspecified atom stereocenters. The summed E-state index contributed by atoms with van der Waals surface area (Å²) in [6.07, 6.45) is -2.34. The first kappa shape index (κ1) is 23.0. The molecule has 1 aromatic carbocycles. The zero-order valence-corrected chi connectivity index (χ0v) is 17.5. The van der Waals surface area contributed by atoms with Crippen LogP contribution in [0.15, 0.2) is 42.7 Å². The number of methoxy groups -OCH3 is 1. The van der Waals surface area contributed by atoms with E-state index in [0.717, 1.165) is 17.0 Å². The molecule has 0 bridgehead atoms. The third-order valence-electron chi connectivity index (χ3n) is 5.37. The van der Waals surface area contributed by atoms with E-state index in [1.165, 1.54) is 33.1 Å². The number of halogens is 4. The molecular formula is C22H25F4N3O2. The minimum atomic E-state index is -4.90. The number of H-pyrrole nitrogens is 1. The number of nitrogens with zero attached hydrogens (tertiary/aromatic N) is 1. The van der Waals surface area contributed by atoms with Crippen LogP contribution in [-0.4, -0.2) is 40.5 Å². The quantitative estimate of drug-likeness (QED) is 0.453. The summed E-state index contributed by atoms with van der Waals surface area (Å²) in [6, 6.07) is 7.27. The predicted octanol–water partition coefficient (Wildman–Crippen LogP) is 4.46. The zero-order chi connectivity index (χ0) is 22.9. The summed E-state index contributed by atoms with van der Waals surface area (Å²) in [5.41, 5.74) is -2.59. The summed E-state index contributed by atoms with van der Waals surface area (Å²) in [7, 11) is 1.36. The smallest absolute Gasteiger partial charge is 0.418 e. The highest BCUT2D eigenvalue weighted by Crippen LogP contribution is 2.43. The number of pyridine rings is 1. The number of ether oxygens (including phenoxy) is 1. The van der Waals surface area contributed by atoms with E-state index in [2.05, 4.69) is 15.3 Å². The van der Waals surface area contributed by atoms with Crippen molar-refractivity contribution in [3.05, 3.63) is 59.8 Å². The average molecular weight is 439 g/mol. The van der Waals surface area contributed by atoms with Crippen LogP contribution in [0.1, 0.15) is 31.5 Å². The lowest BCUT2D eigenvalue weighted by atomic mass is 9.74. The molecule has 0 amide bonds. The van der Waals surface area contributed by atoms with E-state index in [0.29, 0.717) is 5.69 Å². The number of alkyl halides is 3. The van der Waals surface area contributed by atoms with Crippen LogP contribution in [0.5, 0.6) is 5.75 Å². The summed E-state index contributed by atoms with van der Waals surface area (Å²) in [5.74, 6) is -0.332. The van der Waals surface area contributed by atoms with Crippen molar-refractivity contribution in [1.82, 2.24) is 15.3 Å². The molecule has 2 heterocycles. The number of benzene rings is 1. The van der Waals surface area contributed by atoms with E-state index in [1.54, 1.807) is 24.5 Å². The molecule has 0 fully saturated rings. The lowest BCUT2D eigenvalue weighted by Gasteiger charge is -2.38. The van der Waals surface area contributed by atoms with E-state index in [4.69, 9.17) is 4.74 Å². The normalized spacial score (nSPS) is 14.6. The van der Waals surface area contributed by atoms with E-state index in [1.807, 2.05) is 0 Å². The summed E-state index contributed by atoms with van der Waals surface area (Å²) >= 11 is 0. The van der Waals surface area contributed by atoms with Crippen LogP contribution in [0.25, 0.3) is 10.9 Å². The molecule has 1 atom stereocenters. The number of fused-ring (bicyclic) bond motifs is 1. The molecule has 2 aromatic heterocycles. The number of hydrogen-bond acceptors (Lipinski definition) is 4. The van der Waals surface area contributed by atoms with Gasteiger partial charge < -0.3 is 20.1 Å². The fraction of sp³-hybridized carbons (Fsp3) is 0.409. The van der Waals surface area contributed by atoms with Crippen LogP contribution in [-0.2, 0) is 12.0 Å².